The molecule has 8 heteroatoms. The van der Waals surface area contributed by atoms with Gasteiger partial charge < -0.3 is 9.64 Å². The molecule has 0 unspecified atom stereocenters. The molecule has 0 aromatic heterocycles. The fourth-order valence-electron chi connectivity index (χ4n) is 3.25. The van der Waals surface area contributed by atoms with E-state index >= 15 is 0 Å². The van der Waals surface area contributed by atoms with Crippen molar-refractivity contribution in [3.05, 3.63) is 59.7 Å². The number of thioether (sulfide) groups is 1. The summed E-state index contributed by atoms with van der Waals surface area (Å²) in [7, 11) is -3.73. The van der Waals surface area contributed by atoms with Gasteiger partial charge in [0.1, 0.15) is 0 Å². The number of morpholine rings is 1. The Kier molecular flexibility index (Phi) is 7.34. The molecule has 2 aromatic rings. The van der Waals surface area contributed by atoms with Gasteiger partial charge in [0.15, 0.2) is 0 Å². The number of hydrogen-bond donors (Lipinski definition) is 0. The van der Waals surface area contributed by atoms with Crippen LogP contribution in [0.15, 0.2) is 58.3 Å². The largest absolute Gasteiger partial charge is 0.378 e. The molecule has 1 aliphatic heterocycles. The van der Waals surface area contributed by atoms with Crippen molar-refractivity contribution < 1.29 is 17.9 Å². The third kappa shape index (κ3) is 5.01. The van der Waals surface area contributed by atoms with Crippen LogP contribution in [0.5, 0.6) is 0 Å². The van der Waals surface area contributed by atoms with E-state index in [0.717, 1.165) is 10.5 Å². The minimum atomic E-state index is -3.73. The summed E-state index contributed by atoms with van der Waals surface area (Å²) in [4.78, 5) is 15.7. The van der Waals surface area contributed by atoms with Crippen LogP contribution < -0.4 is 0 Å². The van der Waals surface area contributed by atoms with Crippen molar-refractivity contribution >= 4 is 27.7 Å². The average Bonchev–Trinajstić information content (AvgIpc) is 2.77. The van der Waals surface area contributed by atoms with E-state index in [1.165, 1.54) is 22.1 Å². The molecule has 2 aromatic carbocycles. The third-order valence-electron chi connectivity index (χ3n) is 4.89. The van der Waals surface area contributed by atoms with Crippen LogP contribution in [-0.2, 0) is 21.3 Å². The van der Waals surface area contributed by atoms with E-state index in [1.54, 1.807) is 17.0 Å². The molecule has 1 saturated heterocycles. The van der Waals surface area contributed by atoms with Gasteiger partial charge in [0.05, 0.1) is 23.7 Å². The Morgan fingerprint density at radius 1 is 1.14 bits per heavy atom. The zero-order valence-corrected chi connectivity index (χ0v) is 18.3. The summed E-state index contributed by atoms with van der Waals surface area (Å²) < 4.78 is 33.3. The predicted molar refractivity (Wildman–Crippen MR) is 115 cm³/mol. The van der Waals surface area contributed by atoms with Crippen molar-refractivity contribution in [3.8, 4) is 0 Å². The maximum Gasteiger partial charge on any atom is 0.255 e. The number of rotatable bonds is 7. The van der Waals surface area contributed by atoms with E-state index < -0.39 is 10.0 Å². The van der Waals surface area contributed by atoms with E-state index in [9.17, 15) is 13.2 Å². The van der Waals surface area contributed by atoms with E-state index in [1.807, 2.05) is 43.5 Å². The number of nitrogens with zero attached hydrogens (tertiary/aromatic N) is 2. The number of sulfonamides is 1. The number of ether oxygens (including phenoxy) is 1. The van der Waals surface area contributed by atoms with E-state index in [4.69, 9.17) is 4.74 Å². The van der Waals surface area contributed by atoms with Gasteiger partial charge in [-0.05, 0) is 30.0 Å². The fraction of sp³-hybridized carbons (Fsp3) is 0.381. The monoisotopic (exact) mass is 434 g/mol. The minimum Gasteiger partial charge on any atom is -0.378 e. The van der Waals surface area contributed by atoms with Crippen molar-refractivity contribution in [2.24, 2.45) is 0 Å². The van der Waals surface area contributed by atoms with Crippen molar-refractivity contribution in [1.82, 2.24) is 9.21 Å². The number of amides is 1. The maximum atomic E-state index is 13.3. The van der Waals surface area contributed by atoms with Crippen molar-refractivity contribution in [1.29, 1.82) is 0 Å². The number of carbonyl (C=O) groups excluding carboxylic acids is 1. The van der Waals surface area contributed by atoms with Crippen LogP contribution in [0.25, 0.3) is 0 Å². The predicted octanol–water partition coefficient (Wildman–Crippen LogP) is 3.09. The van der Waals surface area contributed by atoms with E-state index in [-0.39, 0.29) is 17.3 Å². The Morgan fingerprint density at radius 3 is 2.45 bits per heavy atom. The molecule has 0 spiro atoms. The van der Waals surface area contributed by atoms with Crippen LogP contribution in [0, 0.1) is 0 Å². The lowest BCUT2D eigenvalue weighted by atomic mass is 10.2. The SMILES string of the molecule is CCN(Cc1ccccc1)S(=O)(=O)c1ccc(SC)c(C(=O)N2CCOCC2)c1. The third-order valence-corrected chi connectivity index (χ3v) is 7.60. The van der Waals surface area contributed by atoms with E-state index in [2.05, 4.69) is 0 Å². The lowest BCUT2D eigenvalue weighted by Gasteiger charge is -2.28. The van der Waals surface area contributed by atoms with Gasteiger partial charge in [-0.15, -0.1) is 11.8 Å². The fourth-order valence-corrected chi connectivity index (χ4v) is 5.29. The lowest BCUT2D eigenvalue weighted by Crippen LogP contribution is -2.41. The first kappa shape index (κ1) is 21.8. The first-order valence-corrected chi connectivity index (χ1v) is 12.2. The van der Waals surface area contributed by atoms with Gasteiger partial charge in [0.2, 0.25) is 10.0 Å². The van der Waals surface area contributed by atoms with Crippen LogP contribution in [0.2, 0.25) is 0 Å². The normalized spacial score (nSPS) is 14.9. The van der Waals surface area contributed by atoms with Gasteiger partial charge in [0.25, 0.3) is 5.91 Å². The zero-order valence-electron chi connectivity index (χ0n) is 16.7. The van der Waals surface area contributed by atoms with Gasteiger partial charge in [-0.3, -0.25) is 4.79 Å². The Balaban J connectivity index is 1.93. The van der Waals surface area contributed by atoms with Crippen LogP contribution in [-0.4, -0.2) is 62.6 Å². The Hall–Kier alpha value is -1.87. The maximum absolute atomic E-state index is 13.3. The smallest absolute Gasteiger partial charge is 0.255 e. The highest BCUT2D eigenvalue weighted by atomic mass is 32.2. The summed E-state index contributed by atoms with van der Waals surface area (Å²) in [6, 6.07) is 14.3. The highest BCUT2D eigenvalue weighted by Gasteiger charge is 2.27. The van der Waals surface area contributed by atoms with Gasteiger partial charge >= 0.3 is 0 Å². The van der Waals surface area contributed by atoms with Crippen LogP contribution in [0.4, 0.5) is 0 Å². The average molecular weight is 435 g/mol. The molecule has 0 saturated carbocycles. The molecule has 0 radical (unpaired) electrons. The standard InChI is InChI=1S/C21H26N2O4S2/c1-3-23(16-17-7-5-4-6-8-17)29(25,26)18-9-10-20(28-2)19(15-18)21(24)22-11-13-27-14-12-22/h4-10,15H,3,11-14,16H2,1-2H3. The molecule has 0 N–H and O–H groups in total. The molecule has 156 valence electrons. The second-order valence-electron chi connectivity index (χ2n) is 6.68. The molecule has 1 amide bonds. The second-order valence-corrected chi connectivity index (χ2v) is 9.47. The highest BCUT2D eigenvalue weighted by Crippen LogP contribution is 2.27. The number of benzene rings is 2. The first-order chi connectivity index (χ1) is 14.0. The Bertz CT molecular complexity index is 942. The summed E-state index contributed by atoms with van der Waals surface area (Å²) >= 11 is 1.44. The summed E-state index contributed by atoms with van der Waals surface area (Å²) in [5, 5.41) is 0. The summed E-state index contributed by atoms with van der Waals surface area (Å²) in [5.41, 5.74) is 1.35. The highest BCUT2D eigenvalue weighted by molar-refractivity contribution is 7.98. The van der Waals surface area contributed by atoms with Crippen LogP contribution in [0.1, 0.15) is 22.8 Å². The van der Waals surface area contributed by atoms with Crippen LogP contribution >= 0.6 is 11.8 Å². The second kappa shape index (κ2) is 9.75. The molecule has 1 aliphatic rings. The zero-order chi connectivity index (χ0) is 20.9. The number of carbonyl (C=O) groups is 1. The molecule has 1 fully saturated rings. The topological polar surface area (TPSA) is 66.9 Å². The Labute approximate surface area is 176 Å². The van der Waals surface area contributed by atoms with Crippen molar-refractivity contribution in [2.45, 2.75) is 23.3 Å². The molecule has 6 nitrogen and oxygen atoms in total. The van der Waals surface area contributed by atoms with E-state index in [0.29, 0.717) is 38.4 Å². The van der Waals surface area contributed by atoms with Crippen molar-refractivity contribution in [3.63, 3.8) is 0 Å². The molecule has 29 heavy (non-hydrogen) atoms. The Morgan fingerprint density at radius 2 is 1.83 bits per heavy atom. The molecule has 3 rings (SSSR count). The quantitative estimate of drug-likeness (QED) is 0.627. The molecule has 1 heterocycles. The first-order valence-electron chi connectivity index (χ1n) is 9.56. The van der Waals surface area contributed by atoms with Gasteiger partial charge in [-0.1, -0.05) is 37.3 Å². The number of hydrogen-bond acceptors (Lipinski definition) is 5. The summed E-state index contributed by atoms with van der Waals surface area (Å²) in [5.74, 6) is -0.152. The molecule has 0 aliphatic carbocycles. The van der Waals surface area contributed by atoms with Crippen molar-refractivity contribution in [2.75, 3.05) is 39.1 Å². The lowest BCUT2D eigenvalue weighted by molar-refractivity contribution is 0.0300. The molecular formula is C21H26N2O4S2. The summed E-state index contributed by atoms with van der Waals surface area (Å²) in [6.07, 6.45) is 1.88. The molecule has 0 atom stereocenters. The minimum absolute atomic E-state index is 0.143. The van der Waals surface area contributed by atoms with Gasteiger partial charge in [-0.25, -0.2) is 8.42 Å². The van der Waals surface area contributed by atoms with Gasteiger partial charge in [-0.2, -0.15) is 4.31 Å². The molecular weight excluding hydrogens is 408 g/mol. The van der Waals surface area contributed by atoms with Gasteiger partial charge in [0, 0.05) is 31.1 Å². The molecule has 0 bridgehead atoms. The summed E-state index contributed by atoms with van der Waals surface area (Å²) in [6.45, 7) is 4.47. The van der Waals surface area contributed by atoms with Crippen LogP contribution in [0.3, 0.4) is 0 Å².